The van der Waals surface area contributed by atoms with Crippen molar-refractivity contribution in [1.29, 1.82) is 0 Å². The Morgan fingerprint density at radius 2 is 0.650 bits per heavy atom. The summed E-state index contributed by atoms with van der Waals surface area (Å²) >= 11 is 3.83. The molecule has 0 aromatic carbocycles. The van der Waals surface area contributed by atoms with Gasteiger partial charge in [0.15, 0.2) is 0 Å². The van der Waals surface area contributed by atoms with Crippen LogP contribution in [0.2, 0.25) is 0 Å². The fourth-order valence-electron chi connectivity index (χ4n) is 4.53. The lowest BCUT2D eigenvalue weighted by Gasteiger charge is -2.18. The summed E-state index contributed by atoms with van der Waals surface area (Å²) in [4.78, 5) is 4.45. The van der Waals surface area contributed by atoms with Gasteiger partial charge in [-0.3, -0.25) is 0 Å². The highest BCUT2D eigenvalue weighted by atomic mass is 32.1. The standard InChI is InChI=1S/2C12H20O.2C12H20S.4C2H6/c1-11(2,3)9-7-10(13-8-9)12(4,5)6;1-11(2,3)9-7-8-10(13-9)12(4,5)6;1-11(2,3)9-7-10(13-8-9)12(4,5)6;1-11(2,3)9-7-8-10(13-9)12(4,5)6;4*1-2/h4*7-8H,1-6H3;4*1-2H3. The third-order valence-corrected chi connectivity index (χ3v) is 11.9. The highest BCUT2D eigenvalue weighted by Crippen LogP contribution is 2.36. The van der Waals surface area contributed by atoms with Gasteiger partial charge < -0.3 is 8.83 Å². The van der Waals surface area contributed by atoms with E-state index in [2.05, 4.69) is 208 Å². The van der Waals surface area contributed by atoms with Crippen LogP contribution < -0.4 is 0 Å². The zero-order valence-electron chi connectivity index (χ0n) is 46.3. The lowest BCUT2D eigenvalue weighted by Crippen LogP contribution is -2.11. The van der Waals surface area contributed by atoms with Gasteiger partial charge in [0, 0.05) is 30.9 Å². The highest BCUT2D eigenvalue weighted by Gasteiger charge is 2.25. The van der Waals surface area contributed by atoms with Gasteiger partial charge in [0.05, 0.1) is 6.26 Å². The van der Waals surface area contributed by atoms with Crippen molar-refractivity contribution in [3.8, 4) is 0 Å². The topological polar surface area (TPSA) is 26.3 Å². The van der Waals surface area contributed by atoms with Gasteiger partial charge >= 0.3 is 0 Å². The zero-order valence-corrected chi connectivity index (χ0v) is 47.9. The molecular weight excluding hydrogens is 769 g/mol. The molecular formula is C56H104O2S2. The second-order valence-corrected chi connectivity index (χ2v) is 24.7. The summed E-state index contributed by atoms with van der Waals surface area (Å²) in [5, 5.41) is 2.29. The van der Waals surface area contributed by atoms with E-state index in [4.69, 9.17) is 8.83 Å². The molecule has 0 fully saturated rings. The summed E-state index contributed by atoms with van der Waals surface area (Å²) in [6.45, 7) is 69.3. The number of thiophene rings is 2. The monoisotopic (exact) mass is 873 g/mol. The number of hydrogen-bond donors (Lipinski definition) is 0. The van der Waals surface area contributed by atoms with E-state index < -0.39 is 0 Å². The second-order valence-electron chi connectivity index (χ2n) is 22.7. The lowest BCUT2D eigenvalue weighted by molar-refractivity contribution is 0.344. The van der Waals surface area contributed by atoms with Crippen LogP contribution in [0.3, 0.4) is 0 Å². The van der Waals surface area contributed by atoms with Gasteiger partial charge in [-0.15, -0.1) is 22.7 Å². The van der Waals surface area contributed by atoms with Gasteiger partial charge in [0.2, 0.25) is 0 Å². The Balaban J connectivity index is -0.000000329. The van der Waals surface area contributed by atoms with Crippen LogP contribution >= 0.6 is 22.7 Å². The summed E-state index contributed by atoms with van der Waals surface area (Å²) in [6, 6.07) is 13.2. The van der Waals surface area contributed by atoms with Crippen molar-refractivity contribution < 1.29 is 8.83 Å². The van der Waals surface area contributed by atoms with Crippen molar-refractivity contribution in [2.75, 3.05) is 0 Å². The second kappa shape index (κ2) is 26.6. The molecule has 0 amide bonds. The van der Waals surface area contributed by atoms with Crippen LogP contribution in [0.1, 0.15) is 265 Å². The van der Waals surface area contributed by atoms with Crippen molar-refractivity contribution >= 4 is 22.7 Å². The van der Waals surface area contributed by atoms with Gasteiger partial charge in [-0.2, -0.15) is 0 Å². The molecule has 60 heavy (non-hydrogen) atoms. The Kier molecular flexibility index (Phi) is 28.6. The third-order valence-electron chi connectivity index (χ3n) is 8.58. The molecule has 4 heterocycles. The van der Waals surface area contributed by atoms with E-state index in [0.717, 1.165) is 17.3 Å². The number of hydrogen-bond acceptors (Lipinski definition) is 4. The van der Waals surface area contributed by atoms with Crippen molar-refractivity contribution in [2.24, 2.45) is 0 Å². The van der Waals surface area contributed by atoms with Gasteiger partial charge in [-0.05, 0) is 80.0 Å². The summed E-state index contributed by atoms with van der Waals surface area (Å²) in [5.74, 6) is 3.20. The molecule has 0 saturated heterocycles. The maximum atomic E-state index is 5.81. The maximum Gasteiger partial charge on any atom is 0.109 e. The molecule has 352 valence electrons. The highest BCUT2D eigenvalue weighted by molar-refractivity contribution is 7.12. The maximum absolute atomic E-state index is 5.81. The van der Waals surface area contributed by atoms with E-state index >= 15 is 0 Å². The average molecular weight is 874 g/mol. The minimum absolute atomic E-state index is 0.115. The van der Waals surface area contributed by atoms with Crippen LogP contribution in [-0.2, 0) is 43.3 Å². The van der Waals surface area contributed by atoms with E-state index in [0.29, 0.717) is 21.7 Å². The van der Waals surface area contributed by atoms with Crippen LogP contribution in [0, 0.1) is 0 Å². The molecule has 0 aliphatic carbocycles. The molecule has 2 nitrogen and oxygen atoms in total. The minimum atomic E-state index is 0.115. The van der Waals surface area contributed by atoms with Gasteiger partial charge in [0.1, 0.15) is 17.3 Å². The van der Waals surface area contributed by atoms with Crippen molar-refractivity contribution in [3.05, 3.63) is 91.1 Å². The predicted molar refractivity (Wildman–Crippen MR) is 281 cm³/mol. The molecule has 0 bridgehead atoms. The Bertz CT molecular complexity index is 1260. The van der Waals surface area contributed by atoms with Gasteiger partial charge in [-0.25, -0.2) is 0 Å². The molecule has 4 heteroatoms. The molecule has 4 aromatic rings. The van der Waals surface area contributed by atoms with Crippen molar-refractivity contribution in [3.63, 3.8) is 0 Å². The Labute approximate surface area is 385 Å². The lowest BCUT2D eigenvalue weighted by atomic mass is 9.86. The first-order valence-corrected chi connectivity index (χ1v) is 24.9. The molecule has 0 unspecified atom stereocenters. The molecule has 0 atom stereocenters. The van der Waals surface area contributed by atoms with Gasteiger partial charge in [-0.1, -0.05) is 222 Å². The fraction of sp³-hybridized carbons (Fsp3) is 0.714. The molecule has 0 radical (unpaired) electrons. The van der Waals surface area contributed by atoms with E-state index in [-0.39, 0.29) is 21.7 Å². The van der Waals surface area contributed by atoms with Crippen LogP contribution in [0.5, 0.6) is 0 Å². The SMILES string of the molecule is CC.CC.CC.CC.CC(C)(C)c1ccc(C(C)(C)C)o1.CC(C)(C)c1ccc(C(C)(C)C)s1.CC(C)(C)c1coc(C(C)(C)C)c1.CC(C)(C)c1csc(C(C)(C)C)c1. The Morgan fingerprint density at radius 3 is 0.817 bits per heavy atom. The minimum Gasteiger partial charge on any atom is -0.468 e. The van der Waals surface area contributed by atoms with E-state index in [1.165, 1.54) is 25.8 Å². The average Bonchev–Trinajstić information content (AvgIpc) is 3.93. The largest absolute Gasteiger partial charge is 0.468 e. The summed E-state index contributed by atoms with van der Waals surface area (Å²) in [7, 11) is 0. The van der Waals surface area contributed by atoms with Crippen LogP contribution in [0.15, 0.2) is 56.9 Å². The van der Waals surface area contributed by atoms with Crippen LogP contribution in [0.4, 0.5) is 0 Å². The molecule has 0 spiro atoms. The summed E-state index contributed by atoms with van der Waals surface area (Å²) in [6.07, 6.45) is 1.88. The Morgan fingerprint density at radius 1 is 0.333 bits per heavy atom. The molecule has 0 saturated carbocycles. The summed E-state index contributed by atoms with van der Waals surface area (Å²) in [5.41, 5.74) is 4.46. The molecule has 0 aliphatic heterocycles. The zero-order chi connectivity index (χ0) is 49.1. The van der Waals surface area contributed by atoms with E-state index in [1.807, 2.05) is 84.3 Å². The molecule has 0 N–H and O–H groups in total. The molecule has 4 rings (SSSR count). The van der Waals surface area contributed by atoms with E-state index in [9.17, 15) is 0 Å². The number of rotatable bonds is 0. The van der Waals surface area contributed by atoms with Crippen LogP contribution in [-0.4, -0.2) is 0 Å². The van der Waals surface area contributed by atoms with Crippen LogP contribution in [0.25, 0.3) is 0 Å². The van der Waals surface area contributed by atoms with Crippen molar-refractivity contribution in [2.45, 2.75) is 265 Å². The first-order chi connectivity index (χ1) is 26.8. The Hall–Kier alpha value is -2.04. The molecule has 0 aliphatic rings. The first-order valence-electron chi connectivity index (χ1n) is 23.2. The quantitative estimate of drug-likeness (QED) is 0.176. The van der Waals surface area contributed by atoms with Crippen molar-refractivity contribution in [1.82, 2.24) is 0 Å². The third kappa shape index (κ3) is 25.2. The van der Waals surface area contributed by atoms with E-state index in [1.54, 1.807) is 0 Å². The molecule has 4 aromatic heterocycles. The normalized spacial score (nSPS) is 12.0. The first kappa shape index (κ1) is 64.6. The fourth-order valence-corrected chi connectivity index (χ4v) is 6.88. The number of furan rings is 2. The smallest absolute Gasteiger partial charge is 0.109 e. The van der Waals surface area contributed by atoms with Gasteiger partial charge in [0.25, 0.3) is 0 Å². The summed E-state index contributed by atoms with van der Waals surface area (Å²) < 4.78 is 11.4. The predicted octanol–water partition coefficient (Wildman–Crippen LogP) is 20.5.